The number of aromatic nitrogens is 2. The van der Waals surface area contributed by atoms with E-state index in [4.69, 9.17) is 9.47 Å². The first kappa shape index (κ1) is 21.7. The Hall–Kier alpha value is -4.01. The molecule has 1 atom stereocenters. The van der Waals surface area contributed by atoms with Crippen LogP contribution in [0.3, 0.4) is 0 Å². The van der Waals surface area contributed by atoms with Crippen molar-refractivity contribution in [3.05, 3.63) is 76.8 Å². The molecule has 0 radical (unpaired) electrons. The van der Waals surface area contributed by atoms with Crippen LogP contribution in [0.5, 0.6) is 0 Å². The lowest BCUT2D eigenvalue weighted by molar-refractivity contribution is -0.150. The lowest BCUT2D eigenvalue weighted by Gasteiger charge is -2.16. The molecule has 3 rings (SSSR count). The van der Waals surface area contributed by atoms with E-state index in [1.54, 1.807) is 24.3 Å². The number of nitrogens with one attached hydrogen (secondary N) is 1. The van der Waals surface area contributed by atoms with Crippen LogP contribution in [0.4, 0.5) is 0 Å². The number of hydrogen-bond acceptors (Lipinski definition) is 7. The number of esters is 2. The molecule has 2 aromatic carbocycles. The summed E-state index contributed by atoms with van der Waals surface area (Å²) in [6.45, 7) is -0.995. The third-order valence-corrected chi connectivity index (χ3v) is 4.50. The Morgan fingerprint density at radius 3 is 2.52 bits per heavy atom. The lowest BCUT2D eigenvalue weighted by atomic mass is 10.1. The number of para-hydroxylation sites is 1. The third-order valence-electron chi connectivity index (χ3n) is 4.50. The minimum atomic E-state index is -0.925. The van der Waals surface area contributed by atoms with Crippen LogP contribution < -0.4 is 10.9 Å². The van der Waals surface area contributed by atoms with Gasteiger partial charge in [-0.05, 0) is 17.7 Å². The number of amides is 1. The van der Waals surface area contributed by atoms with E-state index < -0.39 is 37.0 Å². The van der Waals surface area contributed by atoms with Crippen LogP contribution in [0.2, 0.25) is 0 Å². The van der Waals surface area contributed by atoms with Gasteiger partial charge in [0.2, 0.25) is 0 Å². The fraction of sp³-hybridized carbons (Fsp3) is 0.227. The van der Waals surface area contributed by atoms with Gasteiger partial charge in [-0.15, -0.1) is 0 Å². The van der Waals surface area contributed by atoms with Gasteiger partial charge in [0.15, 0.2) is 6.61 Å². The summed E-state index contributed by atoms with van der Waals surface area (Å²) in [4.78, 5) is 52.8. The molecule has 0 saturated carbocycles. The lowest BCUT2D eigenvalue weighted by Crippen LogP contribution is -2.44. The zero-order valence-corrected chi connectivity index (χ0v) is 16.8. The summed E-state index contributed by atoms with van der Waals surface area (Å²) in [6.07, 6.45) is 1.48. The highest BCUT2D eigenvalue weighted by Crippen LogP contribution is 2.06. The minimum absolute atomic E-state index is 0.228. The number of hydrogen-bond donors (Lipinski definition) is 1. The first-order valence-electron chi connectivity index (χ1n) is 9.49. The van der Waals surface area contributed by atoms with Crippen LogP contribution in [-0.4, -0.2) is 47.2 Å². The van der Waals surface area contributed by atoms with Gasteiger partial charge >= 0.3 is 11.9 Å². The van der Waals surface area contributed by atoms with Gasteiger partial charge in [-0.1, -0.05) is 42.5 Å². The molecule has 9 heteroatoms. The van der Waals surface area contributed by atoms with Crippen molar-refractivity contribution in [1.29, 1.82) is 0 Å². The predicted octanol–water partition coefficient (Wildman–Crippen LogP) is 0.840. The first-order valence-corrected chi connectivity index (χ1v) is 9.49. The average Bonchev–Trinajstić information content (AvgIpc) is 2.79. The Morgan fingerprint density at radius 2 is 1.77 bits per heavy atom. The van der Waals surface area contributed by atoms with Gasteiger partial charge in [0.05, 0.1) is 24.3 Å². The molecule has 0 spiro atoms. The maximum Gasteiger partial charge on any atom is 0.328 e. The quantitative estimate of drug-likeness (QED) is 0.534. The number of benzene rings is 2. The standard InChI is InChI=1S/C22H21N3O6/c1-30-22(29)18(11-15-7-3-2-4-8-15)24-19(26)13-31-20(27)12-25-14-23-17-10-6-5-9-16(17)21(25)28/h2-10,14,18H,11-13H2,1H3,(H,24,26). The zero-order valence-electron chi connectivity index (χ0n) is 16.8. The normalized spacial score (nSPS) is 11.5. The summed E-state index contributed by atoms with van der Waals surface area (Å²) in [5, 5.41) is 2.87. The molecule has 1 aromatic heterocycles. The minimum Gasteiger partial charge on any atom is -0.467 e. The summed E-state index contributed by atoms with van der Waals surface area (Å²) in [6, 6.07) is 14.9. The van der Waals surface area contributed by atoms with Crippen molar-refractivity contribution in [1.82, 2.24) is 14.9 Å². The van der Waals surface area contributed by atoms with Crippen molar-refractivity contribution in [3.63, 3.8) is 0 Å². The van der Waals surface area contributed by atoms with Gasteiger partial charge in [-0.25, -0.2) is 9.78 Å². The molecule has 0 bridgehead atoms. The highest BCUT2D eigenvalue weighted by atomic mass is 16.5. The van der Waals surface area contributed by atoms with Gasteiger partial charge in [-0.3, -0.25) is 19.0 Å². The molecule has 31 heavy (non-hydrogen) atoms. The van der Waals surface area contributed by atoms with E-state index in [0.29, 0.717) is 10.9 Å². The number of methoxy groups -OCH3 is 1. The summed E-state index contributed by atoms with van der Waals surface area (Å²) < 4.78 is 10.8. The van der Waals surface area contributed by atoms with Crippen LogP contribution in [0.25, 0.3) is 10.9 Å². The molecule has 0 saturated heterocycles. The van der Waals surface area contributed by atoms with Crippen molar-refractivity contribution in [2.24, 2.45) is 0 Å². The molecule has 1 unspecified atom stereocenters. The molecule has 1 amide bonds. The number of rotatable bonds is 8. The summed E-state index contributed by atoms with van der Waals surface area (Å²) >= 11 is 0. The van der Waals surface area contributed by atoms with Crippen LogP contribution >= 0.6 is 0 Å². The molecule has 1 heterocycles. The van der Waals surface area contributed by atoms with Crippen molar-refractivity contribution >= 4 is 28.7 Å². The Kier molecular flexibility index (Phi) is 7.10. The van der Waals surface area contributed by atoms with Crippen molar-refractivity contribution in [2.45, 2.75) is 19.0 Å². The Balaban J connectivity index is 1.56. The van der Waals surface area contributed by atoms with E-state index in [9.17, 15) is 19.2 Å². The molecule has 0 aliphatic rings. The van der Waals surface area contributed by atoms with E-state index in [2.05, 4.69) is 10.3 Å². The monoisotopic (exact) mass is 423 g/mol. The fourth-order valence-corrected chi connectivity index (χ4v) is 2.97. The van der Waals surface area contributed by atoms with Gasteiger partial charge < -0.3 is 14.8 Å². The molecule has 1 N–H and O–H groups in total. The Bertz CT molecular complexity index is 1140. The van der Waals surface area contributed by atoms with E-state index in [1.807, 2.05) is 30.3 Å². The smallest absolute Gasteiger partial charge is 0.328 e. The second-order valence-corrected chi connectivity index (χ2v) is 6.69. The number of ether oxygens (including phenoxy) is 2. The highest BCUT2D eigenvalue weighted by molar-refractivity contribution is 5.86. The third kappa shape index (κ3) is 5.75. The van der Waals surface area contributed by atoms with Gasteiger partial charge in [-0.2, -0.15) is 0 Å². The van der Waals surface area contributed by atoms with E-state index in [0.717, 1.165) is 10.1 Å². The Labute approximate surface area is 177 Å². The Morgan fingerprint density at radius 1 is 1.06 bits per heavy atom. The van der Waals surface area contributed by atoms with E-state index >= 15 is 0 Å². The summed E-state index contributed by atoms with van der Waals surface area (Å²) in [5.74, 6) is -2.06. The van der Waals surface area contributed by atoms with Crippen LogP contribution in [0.1, 0.15) is 5.56 Å². The molecule has 160 valence electrons. The number of fused-ring (bicyclic) bond motifs is 1. The van der Waals surface area contributed by atoms with Crippen molar-refractivity contribution in [2.75, 3.05) is 13.7 Å². The van der Waals surface area contributed by atoms with Crippen molar-refractivity contribution < 1.29 is 23.9 Å². The van der Waals surface area contributed by atoms with Crippen LogP contribution in [0.15, 0.2) is 65.7 Å². The molecule has 0 aliphatic heterocycles. The first-order chi connectivity index (χ1) is 15.0. The molecule has 9 nitrogen and oxygen atoms in total. The molecule has 3 aromatic rings. The molecule has 0 fully saturated rings. The summed E-state index contributed by atoms with van der Waals surface area (Å²) in [7, 11) is 1.22. The zero-order chi connectivity index (χ0) is 22.2. The number of nitrogens with zero attached hydrogens (tertiary/aromatic N) is 2. The molecular weight excluding hydrogens is 402 g/mol. The average molecular weight is 423 g/mol. The van der Waals surface area contributed by atoms with Crippen LogP contribution in [0, 0.1) is 0 Å². The van der Waals surface area contributed by atoms with E-state index in [1.165, 1.54) is 13.4 Å². The topological polar surface area (TPSA) is 117 Å². The van der Waals surface area contributed by atoms with Gasteiger partial charge in [0.1, 0.15) is 12.6 Å². The largest absolute Gasteiger partial charge is 0.467 e. The molecular formula is C22H21N3O6. The number of carbonyl (C=O) groups excluding carboxylic acids is 3. The second kappa shape index (κ2) is 10.1. The fourth-order valence-electron chi connectivity index (χ4n) is 2.97. The summed E-state index contributed by atoms with van der Waals surface area (Å²) in [5.41, 5.74) is 0.961. The highest BCUT2D eigenvalue weighted by Gasteiger charge is 2.22. The van der Waals surface area contributed by atoms with Gasteiger partial charge in [0.25, 0.3) is 11.5 Å². The molecule has 0 aliphatic carbocycles. The predicted molar refractivity (Wildman–Crippen MR) is 111 cm³/mol. The van der Waals surface area contributed by atoms with Crippen molar-refractivity contribution in [3.8, 4) is 0 Å². The van der Waals surface area contributed by atoms with Gasteiger partial charge in [0, 0.05) is 6.42 Å². The maximum atomic E-state index is 12.4. The van der Waals surface area contributed by atoms with Crippen LogP contribution in [-0.2, 0) is 36.8 Å². The maximum absolute atomic E-state index is 12.4. The SMILES string of the molecule is COC(=O)C(Cc1ccccc1)NC(=O)COC(=O)Cn1cnc2ccccc2c1=O. The second-order valence-electron chi connectivity index (χ2n) is 6.69. The number of carbonyl (C=O) groups is 3. The van der Waals surface area contributed by atoms with E-state index in [-0.39, 0.29) is 12.0 Å².